The molecule has 8 heterocycles. The van der Waals surface area contributed by atoms with Crippen LogP contribution in [0.3, 0.4) is 0 Å². The van der Waals surface area contributed by atoms with Gasteiger partial charge in [-0.25, -0.2) is 34.7 Å². The fraction of sp³-hybridized carbons (Fsp3) is 0.367. The Hall–Kier alpha value is -8.70. The minimum Gasteiger partial charge on any atom is -0.489 e. The molecule has 0 aliphatic carbocycles. The minimum absolute atomic E-state index is 0.106. The molecule has 6 aliphatic rings. The van der Waals surface area contributed by atoms with Gasteiger partial charge in [0, 0.05) is 87.5 Å². The number of carbonyl (C=O) groups is 2. The smallest absolute Gasteiger partial charge is 0.329 e. The van der Waals surface area contributed by atoms with Gasteiger partial charge in [-0.05, 0) is 97.7 Å². The lowest BCUT2D eigenvalue weighted by atomic mass is 10.0. The number of ether oxygens (including phenoxy) is 4. The summed E-state index contributed by atoms with van der Waals surface area (Å²) in [6.07, 6.45) is 7.60. The summed E-state index contributed by atoms with van der Waals surface area (Å²) in [5, 5.41) is 47.1. The van der Waals surface area contributed by atoms with E-state index in [0.717, 1.165) is 141 Å². The topological polar surface area (TPSA) is 277 Å². The SMILES string of the molecule is N#Cc1cc(-c2ncnc3c2N=C(c2ccc(N4CCOCC4)cc2)C3)ccc1OC1CCN(C(=O)CO)CC1.N#Cc1cc(-c2ncnc3c2N=C(c2ccc(N4CCOCC4)cc2)C3)ccc1OC1CCNCC1.O=C(O)CO. The number of hydrogen-bond acceptors (Lipinski definition) is 19. The minimum atomic E-state index is -1.19. The number of carboxylic acid groups (broad SMARTS) is 1. The number of fused-ring (bicyclic) bond motifs is 2. The average molecular weight is 1100 g/mol. The van der Waals surface area contributed by atoms with E-state index >= 15 is 0 Å². The number of carboxylic acids is 1. The third-order valence-electron chi connectivity index (χ3n) is 14.8. The lowest BCUT2D eigenvalue weighted by molar-refractivity contribution is -0.140. The molecule has 4 saturated heterocycles. The number of aliphatic imine (C=N–C) groups is 2. The van der Waals surface area contributed by atoms with Crippen LogP contribution in [0.4, 0.5) is 22.7 Å². The molecular formula is C60H62N12O9. The van der Waals surface area contributed by atoms with Crippen molar-refractivity contribution in [3.63, 3.8) is 0 Å². The highest BCUT2D eigenvalue weighted by Crippen LogP contribution is 2.40. The number of amides is 1. The van der Waals surface area contributed by atoms with Gasteiger partial charge in [-0.2, -0.15) is 10.5 Å². The van der Waals surface area contributed by atoms with Gasteiger partial charge in [0.1, 0.15) is 73.1 Å². The number of nitrogens with one attached hydrogen (secondary N) is 1. The van der Waals surface area contributed by atoms with Crippen LogP contribution >= 0.6 is 0 Å². The second kappa shape index (κ2) is 26.5. The maximum absolute atomic E-state index is 11.7. The molecule has 416 valence electrons. The first-order valence-electron chi connectivity index (χ1n) is 27.2. The van der Waals surface area contributed by atoms with Gasteiger partial charge in [-0.1, -0.05) is 24.3 Å². The average Bonchev–Trinajstić information content (AvgIpc) is 4.24. The molecule has 6 aromatic rings. The van der Waals surface area contributed by atoms with Crippen LogP contribution < -0.4 is 24.6 Å². The summed E-state index contributed by atoms with van der Waals surface area (Å²) in [4.78, 5) is 55.1. The molecule has 4 fully saturated rings. The molecule has 0 bridgehead atoms. The summed E-state index contributed by atoms with van der Waals surface area (Å²) in [5.41, 5.74) is 13.7. The van der Waals surface area contributed by atoms with Crippen LogP contribution in [0.25, 0.3) is 22.5 Å². The monoisotopic (exact) mass is 1090 g/mol. The maximum Gasteiger partial charge on any atom is 0.329 e. The summed E-state index contributed by atoms with van der Waals surface area (Å²) in [5.74, 6) is -0.324. The number of aromatic nitrogens is 4. The van der Waals surface area contributed by atoms with Crippen molar-refractivity contribution in [1.29, 1.82) is 10.5 Å². The van der Waals surface area contributed by atoms with E-state index < -0.39 is 19.2 Å². The summed E-state index contributed by atoms with van der Waals surface area (Å²) < 4.78 is 23.2. The predicted molar refractivity (Wildman–Crippen MR) is 302 cm³/mol. The number of piperidine rings is 2. The zero-order chi connectivity index (χ0) is 56.1. The highest BCUT2D eigenvalue weighted by molar-refractivity contribution is 6.08. The van der Waals surface area contributed by atoms with Crippen molar-refractivity contribution in [2.45, 2.75) is 50.7 Å². The van der Waals surface area contributed by atoms with E-state index in [9.17, 15) is 15.3 Å². The Balaban J connectivity index is 0.000000169. The molecule has 0 saturated carbocycles. The summed E-state index contributed by atoms with van der Waals surface area (Å²) >= 11 is 0. The van der Waals surface area contributed by atoms with Gasteiger partial charge >= 0.3 is 5.97 Å². The van der Waals surface area contributed by atoms with Crippen molar-refractivity contribution in [2.75, 3.05) is 102 Å². The lowest BCUT2D eigenvalue weighted by Gasteiger charge is -2.32. The van der Waals surface area contributed by atoms with E-state index in [1.54, 1.807) is 29.7 Å². The number of morpholine rings is 2. The van der Waals surface area contributed by atoms with E-state index in [-0.39, 0.29) is 18.1 Å². The lowest BCUT2D eigenvalue weighted by Crippen LogP contribution is -2.42. The molecule has 21 nitrogen and oxygen atoms in total. The Bertz CT molecular complexity index is 3350. The molecule has 4 N–H and O–H groups in total. The van der Waals surface area contributed by atoms with Gasteiger partial charge in [-0.15, -0.1) is 0 Å². The van der Waals surface area contributed by atoms with E-state index in [1.165, 1.54) is 11.4 Å². The second-order valence-electron chi connectivity index (χ2n) is 19.9. The van der Waals surface area contributed by atoms with Gasteiger partial charge in [0.2, 0.25) is 5.91 Å². The number of nitriles is 2. The Morgan fingerprint density at radius 2 is 1.00 bits per heavy atom. The first-order valence-corrected chi connectivity index (χ1v) is 27.2. The summed E-state index contributed by atoms with van der Waals surface area (Å²) in [7, 11) is 0. The Labute approximate surface area is 468 Å². The molecule has 0 unspecified atom stereocenters. The van der Waals surface area contributed by atoms with Gasteiger partial charge in [0.15, 0.2) is 0 Å². The highest BCUT2D eigenvalue weighted by atomic mass is 16.5. The van der Waals surface area contributed by atoms with Crippen molar-refractivity contribution in [1.82, 2.24) is 30.2 Å². The fourth-order valence-corrected chi connectivity index (χ4v) is 10.4. The standard InChI is InChI=1S/C30H30N6O4.C28H28N6O2.C2H4O3/c31-17-22-15-21(3-6-27(22)40-24-7-9-36(10-8-24)28(38)18-37)29-30-26(32-19-33-29)16-25(34-30)20-1-4-23(5-2-20)35-11-13-39-14-12-35;29-17-21-15-20(3-6-26(21)36-23-7-9-30-10-8-23)27-28-25(31-18-32-27)16-24(33-28)19-1-4-22(5-2-19)34-11-13-35-14-12-34;3-1-2(4)5/h1-6,15,19,24,37H,7-14,16,18H2;1-6,15,18,23,30H,7-14,16H2;3H,1H2,(H,4,5). The van der Waals surface area contributed by atoms with Crippen LogP contribution in [-0.4, -0.2) is 168 Å². The van der Waals surface area contributed by atoms with Gasteiger partial charge < -0.3 is 54.3 Å². The van der Waals surface area contributed by atoms with Crippen LogP contribution in [-0.2, 0) is 31.9 Å². The van der Waals surface area contributed by atoms with Gasteiger partial charge in [0.25, 0.3) is 0 Å². The molecule has 0 radical (unpaired) electrons. The Kier molecular flexibility index (Phi) is 18.2. The molecule has 0 atom stereocenters. The molecule has 21 heteroatoms. The predicted octanol–water partition coefficient (Wildman–Crippen LogP) is 5.61. The fourth-order valence-electron chi connectivity index (χ4n) is 10.4. The van der Waals surface area contributed by atoms with E-state index in [1.807, 2.05) is 24.3 Å². The number of anilines is 2. The largest absolute Gasteiger partial charge is 0.489 e. The molecular weight excluding hydrogens is 1030 g/mol. The third kappa shape index (κ3) is 13.5. The zero-order valence-electron chi connectivity index (χ0n) is 44.7. The number of hydrogen-bond donors (Lipinski definition) is 4. The summed E-state index contributed by atoms with van der Waals surface area (Å²) in [6, 6.07) is 32.8. The number of aliphatic hydroxyl groups excluding tert-OH is 2. The van der Waals surface area contributed by atoms with E-state index in [4.69, 9.17) is 49.0 Å². The first kappa shape index (κ1) is 55.6. The number of aliphatic carboxylic acids is 1. The molecule has 4 aromatic carbocycles. The second-order valence-corrected chi connectivity index (χ2v) is 19.9. The van der Waals surface area contributed by atoms with E-state index in [2.05, 4.69) is 95.7 Å². The number of nitrogens with zero attached hydrogens (tertiary/aromatic N) is 11. The quantitative estimate of drug-likeness (QED) is 0.116. The number of likely N-dealkylation sites (tertiary alicyclic amines) is 1. The van der Waals surface area contributed by atoms with Crippen LogP contribution in [0.1, 0.15) is 59.3 Å². The maximum atomic E-state index is 11.7. The van der Waals surface area contributed by atoms with Gasteiger partial charge in [0.05, 0.1) is 71.8 Å². The normalized spacial score (nSPS) is 16.9. The Morgan fingerprint density at radius 1 is 0.580 bits per heavy atom. The first-order chi connectivity index (χ1) is 39.7. The molecule has 81 heavy (non-hydrogen) atoms. The number of aliphatic hydroxyl groups is 2. The molecule has 0 spiro atoms. The van der Waals surface area contributed by atoms with Gasteiger partial charge in [-0.3, -0.25) is 4.79 Å². The highest BCUT2D eigenvalue weighted by Gasteiger charge is 2.28. The van der Waals surface area contributed by atoms with Crippen LogP contribution in [0.5, 0.6) is 11.5 Å². The molecule has 2 aromatic heterocycles. The number of carbonyl (C=O) groups excluding carboxylic acids is 1. The third-order valence-corrected chi connectivity index (χ3v) is 14.8. The molecule has 1 amide bonds. The molecule has 12 rings (SSSR count). The number of benzene rings is 4. The summed E-state index contributed by atoms with van der Waals surface area (Å²) in [6.45, 7) is 8.31. The van der Waals surface area contributed by atoms with Crippen molar-refractivity contribution >= 4 is 46.0 Å². The zero-order valence-corrected chi connectivity index (χ0v) is 44.7. The Morgan fingerprint density at radius 3 is 1.41 bits per heavy atom. The van der Waals surface area contributed by atoms with E-state index in [0.29, 0.717) is 67.1 Å². The van der Waals surface area contributed by atoms with Crippen LogP contribution in [0.2, 0.25) is 0 Å². The van der Waals surface area contributed by atoms with Crippen molar-refractivity contribution < 1.29 is 43.9 Å². The van der Waals surface area contributed by atoms with Crippen molar-refractivity contribution in [2.24, 2.45) is 9.98 Å². The van der Waals surface area contributed by atoms with Crippen LogP contribution in [0.15, 0.2) is 108 Å². The number of rotatable bonds is 12. The van der Waals surface area contributed by atoms with Crippen LogP contribution in [0, 0.1) is 22.7 Å². The van der Waals surface area contributed by atoms with Crippen molar-refractivity contribution in [3.05, 3.63) is 131 Å². The van der Waals surface area contributed by atoms with Crippen molar-refractivity contribution in [3.8, 4) is 46.2 Å². The molecule has 6 aliphatic heterocycles.